The van der Waals surface area contributed by atoms with Gasteiger partial charge in [-0.1, -0.05) is 32.9 Å². The highest BCUT2D eigenvalue weighted by Gasteiger charge is 2.17. The molecule has 0 fully saturated rings. The first kappa shape index (κ1) is 10.2. The molecular weight excluding hydrogens is 160 g/mol. The van der Waals surface area contributed by atoms with E-state index in [9.17, 15) is 0 Å². The van der Waals surface area contributed by atoms with Gasteiger partial charge in [-0.05, 0) is 18.8 Å². The molecule has 0 saturated heterocycles. The van der Waals surface area contributed by atoms with E-state index in [1.807, 2.05) is 0 Å². The Morgan fingerprint density at radius 1 is 1.15 bits per heavy atom. The van der Waals surface area contributed by atoms with Crippen LogP contribution in [0, 0.1) is 11.3 Å². The van der Waals surface area contributed by atoms with Crippen molar-refractivity contribution in [2.75, 3.05) is 0 Å². The standard InChI is InChI=1S/C11H20N2/c1-8-4-9(12)6-11(2,3)7-10(13)5-8/h6-8H,4-5,12-13H2,1-3H3/b9-6+,10-7+. The van der Waals surface area contributed by atoms with Gasteiger partial charge >= 0.3 is 0 Å². The molecule has 74 valence electrons. The Kier molecular flexibility index (Phi) is 2.69. The minimum absolute atomic E-state index is 0.00824. The highest BCUT2D eigenvalue weighted by atomic mass is 14.6. The predicted molar refractivity (Wildman–Crippen MR) is 56.7 cm³/mol. The van der Waals surface area contributed by atoms with Gasteiger partial charge in [0.1, 0.15) is 0 Å². The van der Waals surface area contributed by atoms with Crippen molar-refractivity contribution in [3.05, 3.63) is 23.5 Å². The minimum Gasteiger partial charge on any atom is -0.402 e. The predicted octanol–water partition coefficient (Wildman–Crippen LogP) is 2.13. The van der Waals surface area contributed by atoms with E-state index in [1.165, 1.54) is 0 Å². The largest absolute Gasteiger partial charge is 0.402 e. The molecule has 0 saturated carbocycles. The third-order valence-corrected chi connectivity index (χ3v) is 2.28. The van der Waals surface area contributed by atoms with Crippen LogP contribution in [0.2, 0.25) is 0 Å². The maximum atomic E-state index is 5.91. The molecule has 0 radical (unpaired) electrons. The molecule has 0 atom stereocenters. The Morgan fingerprint density at radius 2 is 1.54 bits per heavy atom. The monoisotopic (exact) mass is 180 g/mol. The molecule has 1 rings (SSSR count). The Morgan fingerprint density at radius 3 is 1.92 bits per heavy atom. The van der Waals surface area contributed by atoms with Crippen molar-refractivity contribution >= 4 is 0 Å². The van der Waals surface area contributed by atoms with E-state index >= 15 is 0 Å². The zero-order valence-corrected chi connectivity index (χ0v) is 8.80. The highest BCUT2D eigenvalue weighted by Crippen LogP contribution is 2.28. The molecule has 0 aromatic rings. The van der Waals surface area contributed by atoms with Crippen LogP contribution >= 0.6 is 0 Å². The molecule has 0 aliphatic heterocycles. The van der Waals surface area contributed by atoms with Crippen molar-refractivity contribution in [1.82, 2.24) is 0 Å². The number of allylic oxidation sites excluding steroid dienone is 4. The maximum absolute atomic E-state index is 5.91. The van der Waals surface area contributed by atoms with Crippen LogP contribution in [0.4, 0.5) is 0 Å². The van der Waals surface area contributed by atoms with Gasteiger partial charge in [0.25, 0.3) is 0 Å². The summed E-state index contributed by atoms with van der Waals surface area (Å²) in [5.74, 6) is 0.559. The molecule has 0 bridgehead atoms. The van der Waals surface area contributed by atoms with E-state index < -0.39 is 0 Å². The van der Waals surface area contributed by atoms with E-state index in [1.54, 1.807) is 0 Å². The van der Waals surface area contributed by atoms with Gasteiger partial charge in [-0.25, -0.2) is 0 Å². The molecule has 0 spiro atoms. The smallest absolute Gasteiger partial charge is 0.00513 e. The molecular formula is C11H20N2. The maximum Gasteiger partial charge on any atom is 0.00513 e. The molecule has 1 aliphatic rings. The summed E-state index contributed by atoms with van der Waals surface area (Å²) in [5, 5.41) is 0. The number of rotatable bonds is 0. The minimum atomic E-state index is 0.00824. The summed E-state index contributed by atoms with van der Waals surface area (Å²) in [6.07, 6.45) is 6.13. The number of hydrogen-bond donors (Lipinski definition) is 2. The molecule has 0 heterocycles. The lowest BCUT2D eigenvalue weighted by Crippen LogP contribution is -2.17. The van der Waals surface area contributed by atoms with E-state index in [2.05, 4.69) is 32.9 Å². The van der Waals surface area contributed by atoms with Gasteiger partial charge in [0.2, 0.25) is 0 Å². The number of nitrogens with two attached hydrogens (primary N) is 2. The van der Waals surface area contributed by atoms with Gasteiger partial charge in [-0.15, -0.1) is 0 Å². The third kappa shape index (κ3) is 3.13. The summed E-state index contributed by atoms with van der Waals surface area (Å²) in [6, 6.07) is 0. The van der Waals surface area contributed by atoms with Crippen molar-refractivity contribution in [3.8, 4) is 0 Å². The lowest BCUT2D eigenvalue weighted by Gasteiger charge is -2.23. The van der Waals surface area contributed by atoms with Crippen LogP contribution < -0.4 is 11.5 Å². The first-order chi connectivity index (χ1) is 5.89. The summed E-state index contributed by atoms with van der Waals surface area (Å²) in [6.45, 7) is 6.44. The number of hydrogen-bond acceptors (Lipinski definition) is 2. The van der Waals surface area contributed by atoms with Crippen LogP contribution in [0.15, 0.2) is 23.5 Å². The summed E-state index contributed by atoms with van der Waals surface area (Å²) in [7, 11) is 0. The first-order valence-corrected chi connectivity index (χ1v) is 4.83. The van der Waals surface area contributed by atoms with Gasteiger partial charge in [-0.3, -0.25) is 0 Å². The van der Waals surface area contributed by atoms with Crippen LogP contribution in [0.1, 0.15) is 33.6 Å². The lowest BCUT2D eigenvalue weighted by atomic mass is 9.85. The summed E-state index contributed by atoms with van der Waals surface area (Å²) in [5.41, 5.74) is 13.8. The Labute approximate surface area is 80.7 Å². The topological polar surface area (TPSA) is 52.0 Å². The molecule has 2 heteroatoms. The molecule has 0 amide bonds. The van der Waals surface area contributed by atoms with E-state index in [0.29, 0.717) is 5.92 Å². The summed E-state index contributed by atoms with van der Waals surface area (Å²) >= 11 is 0. The fraction of sp³-hybridized carbons (Fsp3) is 0.636. The average molecular weight is 180 g/mol. The Balaban J connectivity index is 2.93. The SMILES string of the molecule is CC1C/C(N)=C\C(C)(C)/C=C(/N)C1. The summed E-state index contributed by atoms with van der Waals surface area (Å²) in [4.78, 5) is 0. The normalized spacial score (nSPS) is 36.4. The second-order valence-corrected chi connectivity index (χ2v) is 4.77. The summed E-state index contributed by atoms with van der Waals surface area (Å²) < 4.78 is 0. The van der Waals surface area contributed by atoms with E-state index in [-0.39, 0.29) is 5.41 Å². The fourth-order valence-electron chi connectivity index (χ4n) is 1.99. The van der Waals surface area contributed by atoms with Crippen molar-refractivity contribution in [2.45, 2.75) is 33.6 Å². The molecule has 0 aromatic heterocycles. The van der Waals surface area contributed by atoms with Crippen molar-refractivity contribution < 1.29 is 0 Å². The zero-order valence-electron chi connectivity index (χ0n) is 8.80. The van der Waals surface area contributed by atoms with Crippen LogP contribution in [0.5, 0.6) is 0 Å². The molecule has 4 N–H and O–H groups in total. The molecule has 13 heavy (non-hydrogen) atoms. The van der Waals surface area contributed by atoms with Crippen molar-refractivity contribution in [3.63, 3.8) is 0 Å². The van der Waals surface area contributed by atoms with Crippen LogP contribution in [0.25, 0.3) is 0 Å². The molecule has 0 aromatic carbocycles. The van der Waals surface area contributed by atoms with Crippen molar-refractivity contribution in [1.29, 1.82) is 0 Å². The quantitative estimate of drug-likeness (QED) is 0.600. The van der Waals surface area contributed by atoms with Crippen LogP contribution in [-0.2, 0) is 0 Å². The second-order valence-electron chi connectivity index (χ2n) is 4.77. The van der Waals surface area contributed by atoms with E-state index in [0.717, 1.165) is 24.2 Å². The third-order valence-electron chi connectivity index (χ3n) is 2.28. The van der Waals surface area contributed by atoms with Crippen molar-refractivity contribution in [2.24, 2.45) is 22.8 Å². The average Bonchev–Trinajstić information content (AvgIpc) is 1.78. The molecule has 0 unspecified atom stereocenters. The lowest BCUT2D eigenvalue weighted by molar-refractivity contribution is 0.522. The van der Waals surface area contributed by atoms with Gasteiger partial charge in [0, 0.05) is 16.8 Å². The van der Waals surface area contributed by atoms with Gasteiger partial charge < -0.3 is 11.5 Å². The van der Waals surface area contributed by atoms with E-state index in [4.69, 9.17) is 11.5 Å². The highest BCUT2D eigenvalue weighted by molar-refractivity contribution is 5.18. The van der Waals surface area contributed by atoms with Gasteiger partial charge in [0.15, 0.2) is 0 Å². The second kappa shape index (κ2) is 3.44. The first-order valence-electron chi connectivity index (χ1n) is 4.83. The molecule has 2 nitrogen and oxygen atoms in total. The van der Waals surface area contributed by atoms with Gasteiger partial charge in [0.05, 0.1) is 0 Å². The Hall–Kier alpha value is -0.920. The van der Waals surface area contributed by atoms with Crippen LogP contribution in [-0.4, -0.2) is 0 Å². The Bertz CT molecular complexity index is 225. The van der Waals surface area contributed by atoms with Crippen LogP contribution in [0.3, 0.4) is 0 Å². The fourth-order valence-corrected chi connectivity index (χ4v) is 1.99. The zero-order chi connectivity index (χ0) is 10.1. The van der Waals surface area contributed by atoms with Gasteiger partial charge in [-0.2, -0.15) is 0 Å². The molecule has 1 aliphatic carbocycles.